The van der Waals surface area contributed by atoms with Crippen LogP contribution in [0.1, 0.15) is 38.6 Å². The topological polar surface area (TPSA) is 136 Å². The molecule has 0 radical (unpaired) electrons. The fraction of sp³-hybridized carbons (Fsp3) is 0.583. The molecule has 5 N–H and O–H groups in total. The maximum atomic E-state index is 12.8. The number of halogens is 3. The van der Waals surface area contributed by atoms with Crippen molar-refractivity contribution in [1.29, 1.82) is 0 Å². The van der Waals surface area contributed by atoms with E-state index in [1.165, 1.54) is 11.3 Å². The van der Waals surface area contributed by atoms with Gasteiger partial charge in [0.2, 0.25) is 5.95 Å². The largest absolute Gasteiger partial charge is 0.405 e. The number of nitrogens with zero attached hydrogens (tertiary/aromatic N) is 4. The van der Waals surface area contributed by atoms with E-state index in [0.717, 1.165) is 15.9 Å². The number of aromatic nitrogens is 4. The van der Waals surface area contributed by atoms with E-state index in [0.29, 0.717) is 22.7 Å². The van der Waals surface area contributed by atoms with Crippen molar-refractivity contribution in [3.63, 3.8) is 0 Å². The van der Waals surface area contributed by atoms with Gasteiger partial charge in [0.1, 0.15) is 29.0 Å². The second-order valence-electron chi connectivity index (χ2n) is 10.6. The minimum Gasteiger partial charge on any atom is -0.396 e. The van der Waals surface area contributed by atoms with Crippen LogP contribution in [-0.2, 0) is 6.42 Å². The van der Waals surface area contributed by atoms with E-state index in [-0.39, 0.29) is 30.2 Å². The number of thiazole rings is 1. The molecule has 0 saturated heterocycles. The molecule has 0 aromatic carbocycles. The molecule has 4 atom stereocenters. The summed E-state index contributed by atoms with van der Waals surface area (Å²) in [6, 6.07) is 1.16. The minimum absolute atomic E-state index is 0.0225. The van der Waals surface area contributed by atoms with Crippen molar-refractivity contribution in [3.05, 3.63) is 23.7 Å². The highest BCUT2D eigenvalue weighted by atomic mass is 32.1. The van der Waals surface area contributed by atoms with Crippen LogP contribution in [0.4, 0.5) is 24.9 Å². The number of pyridine rings is 1. The molecule has 3 heterocycles. The van der Waals surface area contributed by atoms with Gasteiger partial charge in [0.25, 0.3) is 0 Å². The summed E-state index contributed by atoms with van der Waals surface area (Å²) in [5.74, 6) is -0.601. The maximum Gasteiger partial charge on any atom is 0.405 e. The van der Waals surface area contributed by atoms with Crippen LogP contribution in [-0.4, -0.2) is 72.8 Å². The van der Waals surface area contributed by atoms with Crippen LogP contribution >= 0.6 is 11.3 Å². The molecular formula is C24H31F3N6O3S. The Morgan fingerprint density at radius 3 is 2.46 bits per heavy atom. The van der Waals surface area contributed by atoms with Crippen molar-refractivity contribution in [2.45, 2.75) is 65.0 Å². The molecule has 0 amide bonds. The highest BCUT2D eigenvalue weighted by molar-refractivity contribution is 7.21. The first-order valence-corrected chi connectivity index (χ1v) is 12.7. The summed E-state index contributed by atoms with van der Waals surface area (Å²) in [6.45, 7) is 6.34. The van der Waals surface area contributed by atoms with Gasteiger partial charge in [0, 0.05) is 18.7 Å². The zero-order chi connectivity index (χ0) is 27.1. The van der Waals surface area contributed by atoms with Crippen LogP contribution in [0.2, 0.25) is 0 Å². The number of anilines is 2. The number of hydrogen-bond acceptors (Lipinski definition) is 10. The standard InChI is InChI=1S/C24H31F3N6O3S/c1-11-16(21-32-17-14(8-23(2,3)4)28-6-5-15(17)37-21)20(33-22(30-11)29-10-24(25,26)27)31-13-7-12(9-34)18(35)19(13)36/h5-6,12-13,18-19,34-36H,7-10H2,1-4H3,(H2,29,30,31,33)/t12-,13-,18-,19+/m1/s1. The Labute approximate surface area is 216 Å². The number of fused-ring (bicyclic) bond motifs is 1. The summed E-state index contributed by atoms with van der Waals surface area (Å²) in [7, 11) is 0. The van der Waals surface area contributed by atoms with E-state index in [2.05, 4.69) is 46.4 Å². The average molecular weight is 541 g/mol. The van der Waals surface area contributed by atoms with Crippen LogP contribution in [0.5, 0.6) is 0 Å². The summed E-state index contributed by atoms with van der Waals surface area (Å²) in [6.07, 6.45) is -4.15. The van der Waals surface area contributed by atoms with Crippen molar-refractivity contribution in [2.75, 3.05) is 23.8 Å². The zero-order valence-electron chi connectivity index (χ0n) is 21.0. The molecule has 0 bridgehead atoms. The van der Waals surface area contributed by atoms with E-state index in [4.69, 9.17) is 4.98 Å². The number of aliphatic hydroxyl groups is 3. The predicted molar refractivity (Wildman–Crippen MR) is 135 cm³/mol. The lowest BCUT2D eigenvalue weighted by atomic mass is 9.90. The quantitative estimate of drug-likeness (QED) is 0.305. The number of rotatable bonds is 7. The lowest BCUT2D eigenvalue weighted by molar-refractivity contribution is -0.115. The minimum atomic E-state index is -4.47. The molecule has 1 fully saturated rings. The van der Waals surface area contributed by atoms with Gasteiger partial charge >= 0.3 is 6.18 Å². The lowest BCUT2D eigenvalue weighted by Gasteiger charge is -2.21. The van der Waals surface area contributed by atoms with E-state index in [1.54, 1.807) is 13.1 Å². The van der Waals surface area contributed by atoms with Crippen LogP contribution in [0.15, 0.2) is 12.3 Å². The summed E-state index contributed by atoms with van der Waals surface area (Å²) < 4.78 is 39.4. The molecule has 4 rings (SSSR count). The van der Waals surface area contributed by atoms with Crippen molar-refractivity contribution in [2.24, 2.45) is 11.3 Å². The third kappa shape index (κ3) is 6.28. The van der Waals surface area contributed by atoms with E-state index >= 15 is 0 Å². The molecular weight excluding hydrogens is 509 g/mol. The van der Waals surface area contributed by atoms with Gasteiger partial charge in [-0.2, -0.15) is 18.2 Å². The van der Waals surface area contributed by atoms with Gasteiger partial charge in [-0.05, 0) is 31.2 Å². The molecule has 1 aliphatic rings. The fourth-order valence-corrected chi connectivity index (χ4v) is 5.54. The lowest BCUT2D eigenvalue weighted by Crippen LogP contribution is -2.36. The van der Waals surface area contributed by atoms with Crippen molar-refractivity contribution in [3.8, 4) is 10.6 Å². The van der Waals surface area contributed by atoms with Gasteiger partial charge in [-0.15, -0.1) is 11.3 Å². The predicted octanol–water partition coefficient (Wildman–Crippen LogP) is 3.53. The Bertz CT molecular complexity index is 1260. The van der Waals surface area contributed by atoms with E-state index < -0.39 is 36.9 Å². The smallest absolute Gasteiger partial charge is 0.396 e. The zero-order valence-corrected chi connectivity index (χ0v) is 21.8. The summed E-state index contributed by atoms with van der Waals surface area (Å²) in [4.78, 5) is 17.9. The Morgan fingerprint density at radius 1 is 1.11 bits per heavy atom. The second kappa shape index (κ2) is 10.3. The highest BCUT2D eigenvalue weighted by Crippen LogP contribution is 2.39. The molecule has 1 aliphatic carbocycles. The van der Waals surface area contributed by atoms with Gasteiger partial charge in [-0.1, -0.05) is 20.8 Å². The summed E-state index contributed by atoms with van der Waals surface area (Å²) >= 11 is 1.38. The second-order valence-corrected chi connectivity index (χ2v) is 11.6. The number of aliphatic hydroxyl groups excluding tert-OH is 3. The fourth-order valence-electron chi connectivity index (χ4n) is 4.46. The monoisotopic (exact) mass is 540 g/mol. The first-order chi connectivity index (χ1) is 17.3. The number of aryl methyl sites for hydroxylation is 1. The van der Waals surface area contributed by atoms with Crippen LogP contribution in [0.25, 0.3) is 20.8 Å². The Morgan fingerprint density at radius 2 is 1.84 bits per heavy atom. The number of alkyl halides is 3. The molecule has 9 nitrogen and oxygen atoms in total. The van der Waals surface area contributed by atoms with E-state index in [1.807, 2.05) is 6.07 Å². The third-order valence-electron chi connectivity index (χ3n) is 6.19. The maximum absolute atomic E-state index is 12.8. The van der Waals surface area contributed by atoms with Gasteiger partial charge in [-0.25, -0.2) is 9.97 Å². The molecule has 37 heavy (non-hydrogen) atoms. The van der Waals surface area contributed by atoms with E-state index in [9.17, 15) is 28.5 Å². The van der Waals surface area contributed by atoms with Gasteiger partial charge in [-0.3, -0.25) is 4.98 Å². The Balaban J connectivity index is 1.78. The molecule has 3 aromatic heterocycles. The van der Waals surface area contributed by atoms with Gasteiger partial charge in [0.15, 0.2) is 0 Å². The first-order valence-electron chi connectivity index (χ1n) is 11.9. The molecule has 0 spiro atoms. The Hall–Kier alpha value is -2.61. The molecule has 0 unspecified atom stereocenters. The molecule has 3 aromatic rings. The van der Waals surface area contributed by atoms with Crippen molar-refractivity contribution in [1.82, 2.24) is 19.9 Å². The first kappa shape index (κ1) is 27.4. The number of nitrogens with one attached hydrogen (secondary N) is 2. The Kier molecular flexibility index (Phi) is 7.62. The number of hydrogen-bond donors (Lipinski definition) is 5. The van der Waals surface area contributed by atoms with Gasteiger partial charge < -0.3 is 26.0 Å². The van der Waals surface area contributed by atoms with Crippen LogP contribution in [0, 0.1) is 18.3 Å². The summed E-state index contributed by atoms with van der Waals surface area (Å²) in [5, 5.41) is 36.2. The van der Waals surface area contributed by atoms with Crippen molar-refractivity contribution >= 4 is 33.3 Å². The molecule has 0 aliphatic heterocycles. The van der Waals surface area contributed by atoms with Crippen molar-refractivity contribution < 1.29 is 28.5 Å². The molecule has 202 valence electrons. The van der Waals surface area contributed by atoms with Gasteiger partial charge in [0.05, 0.1) is 33.8 Å². The normalized spacial score (nSPS) is 22.5. The molecule has 1 saturated carbocycles. The molecule has 13 heteroatoms. The SMILES string of the molecule is Cc1nc(NCC(F)(F)F)nc(N[C@@H]2C[C@H](CO)[C@@H](O)[C@H]2O)c1-c1nc2c(CC(C)(C)C)nccc2s1. The average Bonchev–Trinajstić information content (AvgIpc) is 3.33. The third-order valence-corrected chi connectivity index (χ3v) is 7.23. The van der Waals surface area contributed by atoms with Crippen LogP contribution in [0.3, 0.4) is 0 Å². The van der Waals surface area contributed by atoms with Crippen LogP contribution < -0.4 is 10.6 Å². The highest BCUT2D eigenvalue weighted by Gasteiger charge is 2.41. The summed E-state index contributed by atoms with van der Waals surface area (Å²) in [5.41, 5.74) is 2.42.